The predicted octanol–water partition coefficient (Wildman–Crippen LogP) is 0.113. The van der Waals surface area contributed by atoms with Crippen molar-refractivity contribution in [2.45, 2.75) is 13.5 Å². The van der Waals surface area contributed by atoms with Gasteiger partial charge >= 0.3 is 0 Å². The van der Waals surface area contributed by atoms with Gasteiger partial charge in [0.1, 0.15) is 0 Å². The van der Waals surface area contributed by atoms with Gasteiger partial charge in [0.2, 0.25) is 5.91 Å². The van der Waals surface area contributed by atoms with Gasteiger partial charge in [0.25, 0.3) is 0 Å². The third kappa shape index (κ3) is 3.20. The van der Waals surface area contributed by atoms with Gasteiger partial charge in [-0.2, -0.15) is 0 Å². The van der Waals surface area contributed by atoms with E-state index in [1.165, 1.54) is 0 Å². The first-order valence-electron chi connectivity index (χ1n) is 5.30. The first-order chi connectivity index (χ1) is 7.69. The van der Waals surface area contributed by atoms with Crippen LogP contribution < -0.4 is 16.0 Å². The lowest BCUT2D eigenvalue weighted by atomic mass is 10.2. The molecule has 0 spiro atoms. The molecule has 0 atom stereocenters. The fourth-order valence-corrected chi connectivity index (χ4v) is 1.49. The molecule has 0 saturated carbocycles. The summed E-state index contributed by atoms with van der Waals surface area (Å²) in [5.41, 5.74) is 7.29. The summed E-state index contributed by atoms with van der Waals surface area (Å²) < 4.78 is 0. The molecular weight excluding hydrogens is 204 g/mol. The van der Waals surface area contributed by atoms with Crippen LogP contribution in [0, 0.1) is 0 Å². The van der Waals surface area contributed by atoms with E-state index in [2.05, 4.69) is 10.3 Å². The average molecular weight is 222 g/mol. The highest BCUT2D eigenvalue weighted by Crippen LogP contribution is 2.15. The van der Waals surface area contributed by atoms with Crippen molar-refractivity contribution < 1.29 is 4.79 Å². The van der Waals surface area contributed by atoms with Crippen LogP contribution in [0.3, 0.4) is 0 Å². The van der Waals surface area contributed by atoms with Gasteiger partial charge in [-0.25, -0.2) is 0 Å². The third-order valence-corrected chi connectivity index (χ3v) is 2.23. The quantitative estimate of drug-likeness (QED) is 0.742. The van der Waals surface area contributed by atoms with Crippen LogP contribution in [0.25, 0.3) is 0 Å². The van der Waals surface area contributed by atoms with Crippen LogP contribution in [0.15, 0.2) is 18.3 Å². The lowest BCUT2D eigenvalue weighted by Crippen LogP contribution is -2.35. The Labute approximate surface area is 95.7 Å². The molecule has 1 heterocycles. The molecular formula is C11H18N4O. The smallest absolute Gasteiger partial charge is 0.239 e. The Hall–Kier alpha value is -1.62. The Balaban J connectivity index is 2.72. The molecule has 0 bridgehead atoms. The second kappa shape index (κ2) is 6.07. The summed E-state index contributed by atoms with van der Waals surface area (Å²) in [6.07, 6.45) is 1.70. The molecule has 0 aliphatic carbocycles. The number of nitrogens with zero attached hydrogens (tertiary/aromatic N) is 2. The van der Waals surface area contributed by atoms with Crippen LogP contribution in [0.4, 0.5) is 5.69 Å². The van der Waals surface area contributed by atoms with E-state index in [9.17, 15) is 4.79 Å². The zero-order valence-corrected chi connectivity index (χ0v) is 9.73. The van der Waals surface area contributed by atoms with E-state index < -0.39 is 0 Å². The number of rotatable bonds is 5. The number of amides is 1. The summed E-state index contributed by atoms with van der Waals surface area (Å²) in [6, 6.07) is 3.75. The Kier molecular flexibility index (Phi) is 4.72. The van der Waals surface area contributed by atoms with Crippen LogP contribution in [-0.2, 0) is 11.3 Å². The minimum Gasteiger partial charge on any atom is -0.364 e. The molecule has 88 valence electrons. The summed E-state index contributed by atoms with van der Waals surface area (Å²) in [7, 11) is 1.85. The SMILES string of the molecule is CCNC(=O)CN(C)c1cccnc1CN. The van der Waals surface area contributed by atoms with Crippen molar-refractivity contribution in [3.8, 4) is 0 Å². The summed E-state index contributed by atoms with van der Waals surface area (Å²) in [5, 5.41) is 2.75. The summed E-state index contributed by atoms with van der Waals surface area (Å²) in [4.78, 5) is 17.4. The molecule has 1 amide bonds. The van der Waals surface area contributed by atoms with Crippen molar-refractivity contribution in [1.82, 2.24) is 10.3 Å². The maximum absolute atomic E-state index is 11.4. The molecule has 5 heteroatoms. The minimum absolute atomic E-state index is 0.00294. The first-order valence-corrected chi connectivity index (χ1v) is 5.30. The number of nitrogens with one attached hydrogen (secondary N) is 1. The van der Waals surface area contributed by atoms with Crippen molar-refractivity contribution in [2.24, 2.45) is 5.73 Å². The molecule has 1 aromatic heterocycles. The number of anilines is 1. The number of pyridine rings is 1. The van der Waals surface area contributed by atoms with Gasteiger partial charge < -0.3 is 16.0 Å². The van der Waals surface area contributed by atoms with E-state index >= 15 is 0 Å². The lowest BCUT2D eigenvalue weighted by Gasteiger charge is -2.20. The minimum atomic E-state index is -0.00294. The van der Waals surface area contributed by atoms with Gasteiger partial charge in [0.15, 0.2) is 0 Å². The van der Waals surface area contributed by atoms with Gasteiger partial charge in [-0.3, -0.25) is 9.78 Å². The number of carbonyl (C=O) groups is 1. The maximum atomic E-state index is 11.4. The Morgan fingerprint density at radius 1 is 1.62 bits per heavy atom. The first kappa shape index (κ1) is 12.4. The number of hydrogen-bond acceptors (Lipinski definition) is 4. The molecule has 1 rings (SSSR count). The van der Waals surface area contributed by atoms with Crippen LogP contribution >= 0.6 is 0 Å². The number of likely N-dealkylation sites (N-methyl/N-ethyl adjacent to an activating group) is 2. The highest BCUT2D eigenvalue weighted by Gasteiger charge is 2.10. The maximum Gasteiger partial charge on any atom is 0.239 e. The second-order valence-electron chi connectivity index (χ2n) is 3.48. The lowest BCUT2D eigenvalue weighted by molar-refractivity contribution is -0.119. The van der Waals surface area contributed by atoms with E-state index in [4.69, 9.17) is 5.73 Å². The standard InChI is InChI=1S/C11H18N4O/c1-3-13-11(16)8-15(2)10-5-4-6-14-9(10)7-12/h4-6H,3,7-8,12H2,1-2H3,(H,13,16). The topological polar surface area (TPSA) is 71.2 Å². The van der Waals surface area contributed by atoms with Crippen LogP contribution in [0.1, 0.15) is 12.6 Å². The normalized spacial score (nSPS) is 9.94. The van der Waals surface area contributed by atoms with Crippen LogP contribution in [0.5, 0.6) is 0 Å². The number of aromatic nitrogens is 1. The monoisotopic (exact) mass is 222 g/mol. The Morgan fingerprint density at radius 2 is 2.38 bits per heavy atom. The molecule has 5 nitrogen and oxygen atoms in total. The van der Waals surface area contributed by atoms with Crippen molar-refractivity contribution in [2.75, 3.05) is 25.0 Å². The van der Waals surface area contributed by atoms with E-state index in [1.807, 2.05) is 31.0 Å². The summed E-state index contributed by atoms with van der Waals surface area (Å²) in [6.45, 7) is 3.22. The molecule has 16 heavy (non-hydrogen) atoms. The van der Waals surface area contributed by atoms with Crippen molar-refractivity contribution >= 4 is 11.6 Å². The fourth-order valence-electron chi connectivity index (χ4n) is 1.49. The van der Waals surface area contributed by atoms with E-state index in [0.717, 1.165) is 11.4 Å². The zero-order chi connectivity index (χ0) is 12.0. The highest BCUT2D eigenvalue weighted by atomic mass is 16.2. The molecule has 1 aromatic rings. The largest absolute Gasteiger partial charge is 0.364 e. The third-order valence-electron chi connectivity index (χ3n) is 2.23. The van der Waals surface area contributed by atoms with Gasteiger partial charge in [0.05, 0.1) is 17.9 Å². The van der Waals surface area contributed by atoms with E-state index in [0.29, 0.717) is 19.6 Å². The van der Waals surface area contributed by atoms with Gasteiger partial charge in [-0.05, 0) is 19.1 Å². The zero-order valence-electron chi connectivity index (χ0n) is 9.73. The van der Waals surface area contributed by atoms with Crippen molar-refractivity contribution in [3.05, 3.63) is 24.0 Å². The average Bonchev–Trinajstić information content (AvgIpc) is 2.29. The molecule has 0 aliphatic heterocycles. The second-order valence-corrected chi connectivity index (χ2v) is 3.48. The molecule has 0 aliphatic rings. The molecule has 3 N–H and O–H groups in total. The van der Waals surface area contributed by atoms with Crippen molar-refractivity contribution in [3.63, 3.8) is 0 Å². The van der Waals surface area contributed by atoms with Gasteiger partial charge in [-0.1, -0.05) is 0 Å². The Morgan fingerprint density at radius 3 is 3.00 bits per heavy atom. The van der Waals surface area contributed by atoms with E-state index in [-0.39, 0.29) is 5.91 Å². The molecule has 0 fully saturated rings. The fraction of sp³-hybridized carbons (Fsp3) is 0.455. The Bertz CT molecular complexity index is 354. The molecule has 0 radical (unpaired) electrons. The molecule has 0 unspecified atom stereocenters. The summed E-state index contributed by atoms with van der Waals surface area (Å²) in [5.74, 6) is -0.00294. The highest BCUT2D eigenvalue weighted by molar-refractivity contribution is 5.81. The summed E-state index contributed by atoms with van der Waals surface area (Å²) >= 11 is 0. The molecule has 0 aromatic carbocycles. The number of nitrogens with two attached hydrogens (primary N) is 1. The molecule has 0 saturated heterocycles. The van der Waals surface area contributed by atoms with Crippen LogP contribution in [-0.4, -0.2) is 31.0 Å². The van der Waals surface area contributed by atoms with Crippen molar-refractivity contribution in [1.29, 1.82) is 0 Å². The number of carbonyl (C=O) groups excluding carboxylic acids is 1. The van der Waals surface area contributed by atoms with Crippen LogP contribution in [0.2, 0.25) is 0 Å². The van der Waals surface area contributed by atoms with Gasteiger partial charge in [0, 0.05) is 26.3 Å². The predicted molar refractivity (Wildman–Crippen MR) is 64.1 cm³/mol. The van der Waals surface area contributed by atoms with Gasteiger partial charge in [-0.15, -0.1) is 0 Å². The van der Waals surface area contributed by atoms with E-state index in [1.54, 1.807) is 6.20 Å². The number of hydrogen-bond donors (Lipinski definition) is 2.